The van der Waals surface area contributed by atoms with E-state index in [4.69, 9.17) is 14.5 Å². The number of H-pyrrole nitrogens is 1. The first-order valence-electron chi connectivity index (χ1n) is 16.7. The highest BCUT2D eigenvalue weighted by atomic mass is 32.2. The molecule has 0 bridgehead atoms. The van der Waals surface area contributed by atoms with Crippen molar-refractivity contribution in [2.75, 3.05) is 12.4 Å². The first-order chi connectivity index (χ1) is 24.0. The third kappa shape index (κ3) is 9.59. The van der Waals surface area contributed by atoms with Gasteiger partial charge in [-0.1, -0.05) is 91.0 Å². The molecule has 1 unspecified atom stereocenters. The lowest BCUT2D eigenvalue weighted by molar-refractivity contribution is -0.00772. The Morgan fingerprint density at radius 3 is 1.94 bits per heavy atom. The molecule has 1 saturated heterocycles. The van der Waals surface area contributed by atoms with Gasteiger partial charge in [-0.25, -0.2) is 9.46 Å². The summed E-state index contributed by atoms with van der Waals surface area (Å²) in [5.41, 5.74) is 2.85. The molecule has 0 spiro atoms. The topological polar surface area (TPSA) is 141 Å². The smallest absolute Gasteiger partial charge is 0.330 e. The molecular weight excluding hydrogens is 671 g/mol. The van der Waals surface area contributed by atoms with E-state index in [0.29, 0.717) is 24.3 Å². The zero-order valence-electron chi connectivity index (χ0n) is 29.2. The molecule has 0 amide bonds. The van der Waals surface area contributed by atoms with Crippen molar-refractivity contribution in [2.24, 2.45) is 0 Å². The number of rotatable bonds is 13. The van der Waals surface area contributed by atoms with E-state index in [-0.39, 0.29) is 18.5 Å². The van der Waals surface area contributed by atoms with Gasteiger partial charge in [-0.2, -0.15) is 5.26 Å². The van der Waals surface area contributed by atoms with Crippen molar-refractivity contribution in [2.45, 2.75) is 82.7 Å². The van der Waals surface area contributed by atoms with E-state index >= 15 is 0 Å². The standard InChI is InChI=1S/C29H28N2O4S.C9H19N2O2P/c1-20-18-31(28(34)30-27(20)33)26-17-24(32)25(35-26)19-36-29(21-11-5-2-6-12-21,22-13-7-3-8-14-22)23-15-9-4-10-16-23;1-8(2)11(9(3)4)14(12)13-7-5-6-10/h2-16,18,24-26,32H,17,19H2,1H3,(H,30,33,34);8-9,12H,5,7H2,1-4H3/t24-,25+,26+;/m0./s1. The number of aromatic nitrogens is 2. The number of hydrogen-bond acceptors (Lipinski definition) is 9. The highest BCUT2D eigenvalue weighted by molar-refractivity contribution is 8.00. The Morgan fingerprint density at radius 2 is 1.48 bits per heavy atom. The summed E-state index contributed by atoms with van der Waals surface area (Å²) in [5.74, 6) is 0.493. The van der Waals surface area contributed by atoms with E-state index in [9.17, 15) is 19.6 Å². The van der Waals surface area contributed by atoms with Crippen LogP contribution in [0.1, 0.15) is 69.0 Å². The number of aliphatic hydroxyl groups excluding tert-OH is 1. The molecule has 4 aromatic rings. The number of aryl methyl sites for hydroxylation is 1. The molecule has 1 aromatic heterocycles. The van der Waals surface area contributed by atoms with Gasteiger partial charge < -0.3 is 19.3 Å². The SMILES string of the molecule is CC(C)N(C(C)C)P(O)OCCC#N.Cc1cn([C@H]2C[C@H](O)[C@@H](CSC(c3ccccc3)(c3ccccc3)c3ccccc3)O2)c(=O)[nH]c1=O. The number of nitrogens with zero attached hydrogens (tertiary/aromatic N) is 3. The van der Waals surface area contributed by atoms with Gasteiger partial charge in [0, 0.05) is 36.0 Å². The largest absolute Gasteiger partial charge is 0.390 e. The summed E-state index contributed by atoms with van der Waals surface area (Å²) >= 11 is 1.71. The molecular formula is C38H47N4O6PS. The van der Waals surface area contributed by atoms with Crippen LogP contribution in [0.5, 0.6) is 0 Å². The third-order valence-corrected chi connectivity index (χ3v) is 11.7. The highest BCUT2D eigenvalue weighted by Crippen LogP contribution is 2.49. The molecule has 3 aromatic carbocycles. The Hall–Kier alpha value is -3.59. The lowest BCUT2D eigenvalue weighted by Crippen LogP contribution is -2.33. The summed E-state index contributed by atoms with van der Waals surface area (Å²) in [6.07, 6.45) is 0.204. The molecule has 1 fully saturated rings. The second-order valence-corrected chi connectivity index (χ2v) is 15.0. The van der Waals surface area contributed by atoms with Crippen molar-refractivity contribution in [3.05, 3.63) is 140 Å². The average molecular weight is 719 g/mol. The molecule has 3 N–H and O–H groups in total. The van der Waals surface area contributed by atoms with Crippen LogP contribution in [0.2, 0.25) is 0 Å². The summed E-state index contributed by atoms with van der Waals surface area (Å²) in [6.45, 7) is 9.99. The minimum absolute atomic E-state index is 0.244. The van der Waals surface area contributed by atoms with Gasteiger partial charge in [0.05, 0.1) is 36.1 Å². The van der Waals surface area contributed by atoms with Crippen LogP contribution < -0.4 is 11.2 Å². The van der Waals surface area contributed by atoms with Gasteiger partial charge in [0.1, 0.15) is 6.23 Å². The summed E-state index contributed by atoms with van der Waals surface area (Å²) in [7, 11) is -1.55. The van der Waals surface area contributed by atoms with E-state index in [1.165, 1.54) is 10.8 Å². The first-order valence-corrected chi connectivity index (χ1v) is 18.9. The molecule has 1 aliphatic heterocycles. The number of hydrogen-bond donors (Lipinski definition) is 3. The number of ether oxygens (including phenoxy) is 1. The first kappa shape index (κ1) is 39.2. The maximum absolute atomic E-state index is 12.4. The van der Waals surface area contributed by atoms with Crippen LogP contribution in [0.25, 0.3) is 0 Å². The zero-order valence-corrected chi connectivity index (χ0v) is 30.9. The van der Waals surface area contributed by atoms with Gasteiger partial charge in [-0.05, 0) is 51.3 Å². The van der Waals surface area contributed by atoms with E-state index < -0.39 is 43.0 Å². The summed E-state index contributed by atoms with van der Waals surface area (Å²) < 4.78 is 14.1. The molecule has 0 radical (unpaired) electrons. The number of nitriles is 1. The highest BCUT2D eigenvalue weighted by Gasteiger charge is 2.41. The lowest BCUT2D eigenvalue weighted by atomic mass is 9.84. The average Bonchev–Trinajstić information content (AvgIpc) is 3.48. The van der Waals surface area contributed by atoms with E-state index in [2.05, 4.69) is 41.4 Å². The minimum Gasteiger partial charge on any atom is -0.390 e. The minimum atomic E-state index is -1.55. The van der Waals surface area contributed by atoms with Gasteiger partial charge in [0.2, 0.25) is 0 Å². The molecule has 10 nitrogen and oxygen atoms in total. The molecule has 0 saturated carbocycles. The fourth-order valence-corrected chi connectivity index (χ4v) is 8.84. The van der Waals surface area contributed by atoms with E-state index in [0.717, 1.165) is 16.7 Å². The molecule has 4 atom stereocenters. The number of thioether (sulfide) groups is 1. The van der Waals surface area contributed by atoms with Crippen LogP contribution in [0.3, 0.4) is 0 Å². The van der Waals surface area contributed by atoms with Gasteiger partial charge in [-0.15, -0.1) is 11.8 Å². The van der Waals surface area contributed by atoms with Gasteiger partial charge in [0.25, 0.3) is 14.1 Å². The molecule has 12 heteroatoms. The second-order valence-electron chi connectivity index (χ2n) is 12.6. The fourth-order valence-electron chi connectivity index (χ4n) is 6.04. The van der Waals surface area contributed by atoms with Crippen LogP contribution in [0.4, 0.5) is 0 Å². The van der Waals surface area contributed by atoms with Gasteiger partial charge >= 0.3 is 5.69 Å². The van der Waals surface area contributed by atoms with Crippen molar-refractivity contribution in [3.8, 4) is 6.07 Å². The van der Waals surface area contributed by atoms with Crippen molar-refractivity contribution in [1.29, 1.82) is 5.26 Å². The predicted molar refractivity (Wildman–Crippen MR) is 200 cm³/mol. The van der Waals surface area contributed by atoms with Crippen LogP contribution in [0, 0.1) is 18.3 Å². The van der Waals surface area contributed by atoms with E-state index in [1.807, 2.05) is 93.0 Å². The normalized spacial score (nSPS) is 18.1. The Balaban J connectivity index is 0.000000341. The third-order valence-electron chi connectivity index (χ3n) is 8.34. The molecule has 0 aliphatic carbocycles. The van der Waals surface area contributed by atoms with Gasteiger partial charge in [0.15, 0.2) is 0 Å². The Bertz CT molecular complexity index is 1680. The van der Waals surface area contributed by atoms with Crippen LogP contribution in [-0.2, 0) is 14.0 Å². The van der Waals surface area contributed by atoms with Crippen molar-refractivity contribution >= 4 is 20.3 Å². The number of aliphatic hydroxyl groups is 1. The summed E-state index contributed by atoms with van der Waals surface area (Å²) in [6, 6.07) is 33.5. The zero-order chi connectivity index (χ0) is 36.3. The van der Waals surface area contributed by atoms with Crippen molar-refractivity contribution in [1.82, 2.24) is 14.2 Å². The van der Waals surface area contributed by atoms with Crippen LogP contribution in [0.15, 0.2) is 107 Å². The lowest BCUT2D eigenvalue weighted by Gasteiger charge is -2.36. The Kier molecular flexibility index (Phi) is 14.6. The molecule has 266 valence electrons. The monoisotopic (exact) mass is 718 g/mol. The summed E-state index contributed by atoms with van der Waals surface area (Å²) in [5, 5.41) is 19.2. The second kappa shape index (κ2) is 18.6. The number of aromatic amines is 1. The predicted octanol–water partition coefficient (Wildman–Crippen LogP) is 6.47. The van der Waals surface area contributed by atoms with Crippen LogP contribution in [-0.4, -0.2) is 60.9 Å². The van der Waals surface area contributed by atoms with Crippen LogP contribution >= 0.6 is 20.3 Å². The van der Waals surface area contributed by atoms with Crippen molar-refractivity contribution in [3.63, 3.8) is 0 Å². The number of benzene rings is 3. The molecule has 50 heavy (non-hydrogen) atoms. The van der Waals surface area contributed by atoms with Gasteiger partial charge in [-0.3, -0.25) is 14.3 Å². The Labute approximate surface area is 299 Å². The number of nitrogens with one attached hydrogen (secondary N) is 1. The van der Waals surface area contributed by atoms with E-state index in [1.54, 1.807) is 18.7 Å². The molecule has 1 aliphatic rings. The maximum atomic E-state index is 12.4. The van der Waals surface area contributed by atoms with Crippen molar-refractivity contribution < 1.29 is 19.3 Å². The summed E-state index contributed by atoms with van der Waals surface area (Å²) in [4.78, 5) is 36.3. The maximum Gasteiger partial charge on any atom is 0.330 e. The fraction of sp³-hybridized carbons (Fsp3) is 0.395. The Morgan fingerprint density at radius 1 is 0.980 bits per heavy atom. The molecule has 2 heterocycles. The quantitative estimate of drug-likeness (QED) is 0.0806. The molecule has 5 rings (SSSR count).